The average molecular weight is 220 g/mol. The zero-order chi connectivity index (χ0) is 9.84. The highest BCUT2D eigenvalue weighted by Gasteiger charge is 1.98. The van der Waals surface area contributed by atoms with Crippen molar-refractivity contribution in [3.05, 3.63) is 40.7 Å². The summed E-state index contributed by atoms with van der Waals surface area (Å²) in [6.07, 6.45) is 0. The van der Waals surface area contributed by atoms with Gasteiger partial charge in [-0.25, -0.2) is 4.39 Å². The van der Waals surface area contributed by atoms with Crippen LogP contribution in [0.1, 0.15) is 0 Å². The summed E-state index contributed by atoms with van der Waals surface area (Å²) in [7, 11) is 0. The molecule has 0 aromatic heterocycles. The van der Waals surface area contributed by atoms with Crippen molar-refractivity contribution in [3.8, 4) is 0 Å². The van der Waals surface area contributed by atoms with Crippen LogP contribution in [0.25, 0.3) is 0 Å². The molecule has 4 heteroatoms. The van der Waals surface area contributed by atoms with Crippen LogP contribution in [0.5, 0.6) is 0 Å². The number of nitrogens with one attached hydrogen (secondary N) is 1. The molecule has 0 unspecified atom stereocenters. The van der Waals surface area contributed by atoms with E-state index in [0.29, 0.717) is 22.3 Å². The first-order valence-electron chi connectivity index (χ1n) is 3.61. The van der Waals surface area contributed by atoms with Crippen LogP contribution in [0.3, 0.4) is 0 Å². The summed E-state index contributed by atoms with van der Waals surface area (Å²) in [4.78, 5) is 0. The Morgan fingerprint density at radius 1 is 1.46 bits per heavy atom. The number of benzene rings is 1. The molecule has 0 saturated heterocycles. The van der Waals surface area contributed by atoms with Gasteiger partial charge in [-0.15, -0.1) is 0 Å². The fourth-order valence-electron chi connectivity index (χ4n) is 0.854. The highest BCUT2D eigenvalue weighted by Crippen LogP contribution is 2.18. The van der Waals surface area contributed by atoms with E-state index in [-0.39, 0.29) is 5.82 Å². The van der Waals surface area contributed by atoms with Crippen LogP contribution in [0, 0.1) is 5.82 Å². The second kappa shape index (κ2) is 4.49. The Labute approximate surface area is 86.2 Å². The van der Waals surface area contributed by atoms with E-state index in [1.165, 1.54) is 12.1 Å². The van der Waals surface area contributed by atoms with Gasteiger partial charge in [0.15, 0.2) is 0 Å². The highest BCUT2D eigenvalue weighted by molar-refractivity contribution is 6.31. The molecule has 0 radical (unpaired) electrons. The zero-order valence-electron chi connectivity index (χ0n) is 6.78. The Balaban J connectivity index is 2.71. The van der Waals surface area contributed by atoms with Crippen molar-refractivity contribution in [1.29, 1.82) is 0 Å². The van der Waals surface area contributed by atoms with Gasteiger partial charge in [0.2, 0.25) is 0 Å². The molecule has 0 amide bonds. The van der Waals surface area contributed by atoms with Gasteiger partial charge in [0.25, 0.3) is 0 Å². The first-order chi connectivity index (χ1) is 6.08. The van der Waals surface area contributed by atoms with Gasteiger partial charge in [0.1, 0.15) is 5.82 Å². The van der Waals surface area contributed by atoms with Crippen molar-refractivity contribution in [3.63, 3.8) is 0 Å². The fourth-order valence-corrected chi connectivity index (χ4v) is 1.14. The minimum absolute atomic E-state index is 0.350. The molecule has 1 aromatic rings. The van der Waals surface area contributed by atoms with E-state index in [1.807, 2.05) is 0 Å². The monoisotopic (exact) mass is 219 g/mol. The van der Waals surface area contributed by atoms with E-state index in [2.05, 4.69) is 11.9 Å². The Kier molecular flexibility index (Phi) is 3.58. The van der Waals surface area contributed by atoms with Gasteiger partial charge >= 0.3 is 0 Å². The van der Waals surface area contributed by atoms with Crippen molar-refractivity contribution >= 4 is 28.9 Å². The molecule has 0 atom stereocenters. The molecule has 0 aliphatic carbocycles. The summed E-state index contributed by atoms with van der Waals surface area (Å²) in [5, 5.41) is 3.68. The molecule has 0 bridgehead atoms. The largest absolute Gasteiger partial charge is 0.380 e. The predicted molar refractivity (Wildman–Crippen MR) is 54.9 cm³/mol. The van der Waals surface area contributed by atoms with E-state index in [0.717, 1.165) is 0 Å². The maximum absolute atomic E-state index is 12.8. The van der Waals surface area contributed by atoms with Gasteiger partial charge in [-0.2, -0.15) is 0 Å². The Morgan fingerprint density at radius 2 is 2.15 bits per heavy atom. The van der Waals surface area contributed by atoms with Gasteiger partial charge < -0.3 is 5.32 Å². The molecule has 1 aromatic carbocycles. The molecule has 1 N–H and O–H groups in total. The third kappa shape index (κ3) is 3.66. The molecule has 0 heterocycles. The van der Waals surface area contributed by atoms with Gasteiger partial charge in [0, 0.05) is 15.7 Å². The highest BCUT2D eigenvalue weighted by atomic mass is 35.5. The molecule has 0 fully saturated rings. The lowest BCUT2D eigenvalue weighted by atomic mass is 10.3. The summed E-state index contributed by atoms with van der Waals surface area (Å²) in [6.45, 7) is 3.88. The molecular formula is C9H8Cl2FN. The lowest BCUT2D eigenvalue weighted by Crippen LogP contribution is -2.00. The van der Waals surface area contributed by atoms with Crippen molar-refractivity contribution in [2.75, 3.05) is 11.9 Å². The van der Waals surface area contributed by atoms with Gasteiger partial charge in [-0.3, -0.25) is 0 Å². The van der Waals surface area contributed by atoms with Crippen LogP contribution >= 0.6 is 23.2 Å². The van der Waals surface area contributed by atoms with Crippen molar-refractivity contribution in [1.82, 2.24) is 0 Å². The van der Waals surface area contributed by atoms with E-state index >= 15 is 0 Å². The third-order valence-electron chi connectivity index (χ3n) is 1.35. The lowest BCUT2D eigenvalue weighted by Gasteiger charge is -2.05. The molecular weight excluding hydrogens is 212 g/mol. The zero-order valence-corrected chi connectivity index (χ0v) is 8.29. The first-order valence-corrected chi connectivity index (χ1v) is 4.37. The van der Waals surface area contributed by atoms with Crippen molar-refractivity contribution < 1.29 is 4.39 Å². The molecule has 70 valence electrons. The molecule has 0 aliphatic rings. The second-order valence-corrected chi connectivity index (χ2v) is 3.50. The summed E-state index contributed by atoms with van der Waals surface area (Å²) < 4.78 is 12.8. The van der Waals surface area contributed by atoms with E-state index in [1.54, 1.807) is 6.07 Å². The fraction of sp³-hybridized carbons (Fsp3) is 0.111. The predicted octanol–water partition coefficient (Wildman–Crippen LogP) is 3.64. The van der Waals surface area contributed by atoms with Gasteiger partial charge in [-0.05, 0) is 18.2 Å². The SMILES string of the molecule is C=C(Cl)CNc1cc(F)cc(Cl)c1. The van der Waals surface area contributed by atoms with Crippen LogP contribution < -0.4 is 5.32 Å². The molecule has 13 heavy (non-hydrogen) atoms. The third-order valence-corrected chi connectivity index (χ3v) is 1.70. The summed E-state index contributed by atoms with van der Waals surface area (Å²) in [5.74, 6) is -0.379. The van der Waals surface area contributed by atoms with Crippen LogP contribution in [-0.2, 0) is 0 Å². The summed E-state index contributed by atoms with van der Waals surface area (Å²) in [6, 6.07) is 4.19. The molecule has 0 aliphatic heterocycles. The number of hydrogen-bond donors (Lipinski definition) is 1. The van der Waals surface area contributed by atoms with Crippen molar-refractivity contribution in [2.24, 2.45) is 0 Å². The number of rotatable bonds is 3. The number of halogens is 3. The van der Waals surface area contributed by atoms with E-state index in [4.69, 9.17) is 23.2 Å². The second-order valence-electron chi connectivity index (χ2n) is 2.53. The van der Waals surface area contributed by atoms with Crippen LogP contribution in [0.2, 0.25) is 5.02 Å². The molecule has 0 spiro atoms. The Morgan fingerprint density at radius 3 is 2.69 bits per heavy atom. The van der Waals surface area contributed by atoms with Gasteiger partial charge in [-0.1, -0.05) is 29.8 Å². The standard InChI is InChI=1S/C9H8Cl2FN/c1-6(10)5-13-9-3-7(11)2-8(12)4-9/h2-4,13H,1,5H2. The van der Waals surface area contributed by atoms with Gasteiger partial charge in [0.05, 0.1) is 6.54 Å². The molecule has 1 rings (SSSR count). The average Bonchev–Trinajstić information content (AvgIpc) is 1.99. The Bertz CT molecular complexity index is 305. The lowest BCUT2D eigenvalue weighted by molar-refractivity contribution is 0.628. The minimum atomic E-state index is -0.379. The molecule has 0 saturated carbocycles. The van der Waals surface area contributed by atoms with E-state index < -0.39 is 0 Å². The van der Waals surface area contributed by atoms with Crippen LogP contribution in [-0.4, -0.2) is 6.54 Å². The first kappa shape index (κ1) is 10.4. The quantitative estimate of drug-likeness (QED) is 0.819. The molecule has 1 nitrogen and oxygen atoms in total. The number of hydrogen-bond acceptors (Lipinski definition) is 1. The van der Waals surface area contributed by atoms with E-state index in [9.17, 15) is 4.39 Å². The maximum atomic E-state index is 12.8. The number of anilines is 1. The summed E-state index contributed by atoms with van der Waals surface area (Å²) in [5.41, 5.74) is 0.590. The topological polar surface area (TPSA) is 12.0 Å². The normalized spacial score (nSPS) is 9.77. The maximum Gasteiger partial charge on any atom is 0.126 e. The summed E-state index contributed by atoms with van der Waals surface area (Å²) >= 11 is 11.2. The van der Waals surface area contributed by atoms with Crippen LogP contribution in [0.4, 0.5) is 10.1 Å². The van der Waals surface area contributed by atoms with Crippen LogP contribution in [0.15, 0.2) is 29.8 Å². The van der Waals surface area contributed by atoms with Crippen molar-refractivity contribution in [2.45, 2.75) is 0 Å². The minimum Gasteiger partial charge on any atom is -0.380 e. The smallest absolute Gasteiger partial charge is 0.126 e. The Hall–Kier alpha value is -0.730.